The van der Waals surface area contributed by atoms with Gasteiger partial charge in [0.2, 0.25) is 5.75 Å². The second kappa shape index (κ2) is 15.5. The number of benzene rings is 1. The molecule has 6 atom stereocenters. The zero-order valence-electron chi connectivity index (χ0n) is 21.6. The number of carbonyl (C=O) groups is 1. The van der Waals surface area contributed by atoms with Crippen molar-refractivity contribution in [2.24, 2.45) is 4.40 Å². The summed E-state index contributed by atoms with van der Waals surface area (Å²) < 4.78 is 66.9. The van der Waals surface area contributed by atoms with Crippen LogP contribution >= 0.6 is 11.8 Å². The van der Waals surface area contributed by atoms with Crippen LogP contribution < -0.4 is 9.47 Å². The molecule has 1 aromatic carbocycles. The highest BCUT2D eigenvalue weighted by Crippen LogP contribution is 2.37. The molecule has 0 aromatic heterocycles. The molecule has 1 aliphatic rings. The molecule has 224 valence electrons. The average Bonchev–Trinajstić information content (AvgIpc) is 2.88. The number of aromatic hydroxyl groups is 1. The van der Waals surface area contributed by atoms with Crippen LogP contribution in [0, 0.1) is 0 Å². The number of ether oxygens (including phenoxy) is 4. The van der Waals surface area contributed by atoms with Crippen LogP contribution in [0.15, 0.2) is 34.1 Å². The molecule has 1 heterocycles. The molecule has 0 saturated carbocycles. The van der Waals surface area contributed by atoms with Gasteiger partial charge in [0.25, 0.3) is 0 Å². The fourth-order valence-corrected chi connectivity index (χ4v) is 5.55. The van der Waals surface area contributed by atoms with Gasteiger partial charge in [0.1, 0.15) is 36.5 Å². The Labute approximate surface area is 237 Å². The highest BCUT2D eigenvalue weighted by Gasteiger charge is 2.45. The number of rotatable bonds is 12. The standard InChI is InChI=1S/C23H31NO13S3/c1-34-14-10-13(11-15(35-2)19(14)26)7-8-18(25)36-12-16-20(27)21(28)22(29)23(37-16)38-17(24-40(31,32)33)6-4-5-9-39(3)30/h5,7-11,16,20-23,26-29H,4,6,12H2,1-3H3,(H,31,32,33)/b8-7+,9-5?,24-17-/t16-,20-,21+,22-,23+,39?/m1/s1. The number of hydrogen-bond acceptors (Lipinski definition) is 13. The summed E-state index contributed by atoms with van der Waals surface area (Å²) in [5.41, 5.74) is -0.933. The van der Waals surface area contributed by atoms with E-state index in [-0.39, 0.29) is 35.1 Å². The maximum atomic E-state index is 12.3. The molecule has 14 nitrogen and oxygen atoms in total. The third-order valence-corrected chi connectivity index (χ3v) is 7.59. The van der Waals surface area contributed by atoms with Gasteiger partial charge in [-0.3, -0.25) is 8.76 Å². The molecule has 1 aliphatic heterocycles. The van der Waals surface area contributed by atoms with E-state index in [1.54, 1.807) is 0 Å². The first-order valence-electron chi connectivity index (χ1n) is 11.5. The molecule has 40 heavy (non-hydrogen) atoms. The molecule has 1 aromatic rings. The van der Waals surface area contributed by atoms with Gasteiger partial charge in [0.05, 0.1) is 19.3 Å². The Kier molecular flexibility index (Phi) is 13.0. The second-order valence-corrected chi connectivity index (χ2v) is 11.7. The quantitative estimate of drug-likeness (QED) is 0.0697. The number of nitrogens with zero attached hydrogens (tertiary/aromatic N) is 1. The summed E-state index contributed by atoms with van der Waals surface area (Å²) in [6.45, 7) is -0.552. The van der Waals surface area contributed by atoms with E-state index < -0.39 is 63.5 Å². The first-order chi connectivity index (χ1) is 18.7. The van der Waals surface area contributed by atoms with Gasteiger partial charge >= 0.3 is 16.3 Å². The number of esters is 1. The van der Waals surface area contributed by atoms with Gasteiger partial charge in [0, 0.05) is 29.6 Å². The summed E-state index contributed by atoms with van der Waals surface area (Å²) in [6, 6.07) is 2.89. The van der Waals surface area contributed by atoms with E-state index >= 15 is 0 Å². The Hall–Kier alpha value is -2.51. The number of thioether (sulfide) groups is 1. The van der Waals surface area contributed by atoms with Crippen molar-refractivity contribution in [2.75, 3.05) is 27.1 Å². The van der Waals surface area contributed by atoms with Gasteiger partial charge in [-0.1, -0.05) is 17.8 Å². The molecule has 1 fully saturated rings. The maximum Gasteiger partial charge on any atom is 0.379 e. The summed E-state index contributed by atoms with van der Waals surface area (Å²) in [4.78, 5) is 12.3. The number of aliphatic hydroxyl groups is 3. The minimum atomic E-state index is -4.82. The number of hydrogen-bond donors (Lipinski definition) is 5. The van der Waals surface area contributed by atoms with E-state index in [0.29, 0.717) is 17.3 Å². The van der Waals surface area contributed by atoms with Crippen molar-refractivity contribution in [1.29, 1.82) is 0 Å². The fourth-order valence-electron chi connectivity index (χ4n) is 3.34. The van der Waals surface area contributed by atoms with Crippen LogP contribution in [0.25, 0.3) is 6.08 Å². The molecule has 1 saturated heterocycles. The lowest BCUT2D eigenvalue weighted by Crippen LogP contribution is -2.58. The van der Waals surface area contributed by atoms with Crippen molar-refractivity contribution in [2.45, 2.75) is 42.7 Å². The number of allylic oxidation sites excluding steroid dienone is 1. The van der Waals surface area contributed by atoms with E-state index in [1.165, 1.54) is 50.2 Å². The predicted octanol–water partition coefficient (Wildman–Crippen LogP) is 0.380. The Morgan fingerprint density at radius 1 is 1.15 bits per heavy atom. The second-order valence-electron chi connectivity index (χ2n) is 8.21. The largest absolute Gasteiger partial charge is 0.502 e. The van der Waals surface area contributed by atoms with Crippen LogP contribution in [0.3, 0.4) is 0 Å². The topological polar surface area (TPSA) is 219 Å². The average molecular weight is 626 g/mol. The van der Waals surface area contributed by atoms with Gasteiger partial charge < -0.3 is 39.4 Å². The normalized spacial score (nSPS) is 24.8. The number of phenolic OH excluding ortho intramolecular Hbond substituents is 1. The molecule has 2 rings (SSSR count). The molecule has 0 aliphatic carbocycles. The van der Waals surface area contributed by atoms with Crippen LogP contribution in [-0.2, 0) is 35.4 Å². The van der Waals surface area contributed by atoms with Gasteiger partial charge in [-0.25, -0.2) is 4.79 Å². The lowest BCUT2D eigenvalue weighted by molar-refractivity contribution is -0.209. The summed E-state index contributed by atoms with van der Waals surface area (Å²) in [7, 11) is -3.37. The monoisotopic (exact) mass is 625 g/mol. The molecular formula is C23H31NO13S3. The lowest BCUT2D eigenvalue weighted by Gasteiger charge is -2.39. The summed E-state index contributed by atoms with van der Waals surface area (Å²) in [6.07, 6.45) is -0.978. The first-order valence-corrected chi connectivity index (χ1v) is 15.4. The molecule has 0 amide bonds. The van der Waals surface area contributed by atoms with Crippen LogP contribution in [0.5, 0.6) is 17.2 Å². The molecule has 0 radical (unpaired) electrons. The number of phenols is 1. The van der Waals surface area contributed by atoms with Crippen molar-refractivity contribution < 1.29 is 61.3 Å². The highest BCUT2D eigenvalue weighted by molar-refractivity contribution is 8.14. The Morgan fingerprint density at radius 2 is 1.77 bits per heavy atom. The summed E-state index contributed by atoms with van der Waals surface area (Å²) in [5, 5.41) is 42.2. The van der Waals surface area contributed by atoms with Gasteiger partial charge in [0.15, 0.2) is 11.5 Å². The van der Waals surface area contributed by atoms with Crippen molar-refractivity contribution >= 4 is 50.0 Å². The van der Waals surface area contributed by atoms with Crippen molar-refractivity contribution in [1.82, 2.24) is 0 Å². The maximum absolute atomic E-state index is 12.3. The fraction of sp³-hybridized carbons (Fsp3) is 0.478. The van der Waals surface area contributed by atoms with E-state index in [0.717, 1.165) is 6.08 Å². The predicted molar refractivity (Wildman–Crippen MR) is 147 cm³/mol. The summed E-state index contributed by atoms with van der Waals surface area (Å²) >= 11 is 0.578. The van der Waals surface area contributed by atoms with E-state index in [4.69, 9.17) is 23.5 Å². The van der Waals surface area contributed by atoms with Crippen LogP contribution in [-0.4, -0.2) is 106 Å². The Morgan fingerprint density at radius 3 is 2.33 bits per heavy atom. The van der Waals surface area contributed by atoms with Crippen LogP contribution in [0.2, 0.25) is 0 Å². The first kappa shape index (κ1) is 33.7. The molecule has 17 heteroatoms. The number of carbonyl (C=O) groups excluding carboxylic acids is 1. The van der Waals surface area contributed by atoms with Gasteiger partial charge in [-0.05, 0) is 35.6 Å². The minimum absolute atomic E-state index is 0.0549. The Balaban J connectivity index is 2.09. The van der Waals surface area contributed by atoms with E-state index in [9.17, 15) is 37.8 Å². The molecule has 0 bridgehead atoms. The summed E-state index contributed by atoms with van der Waals surface area (Å²) in [5.74, 6) is -0.869. The third kappa shape index (κ3) is 10.5. The molecule has 1 unspecified atom stereocenters. The van der Waals surface area contributed by atoms with E-state index in [1.807, 2.05) is 0 Å². The van der Waals surface area contributed by atoms with Crippen LogP contribution in [0.4, 0.5) is 0 Å². The number of methoxy groups -OCH3 is 2. The lowest BCUT2D eigenvalue weighted by atomic mass is 10.0. The van der Waals surface area contributed by atoms with Crippen molar-refractivity contribution in [3.8, 4) is 17.2 Å². The highest BCUT2D eigenvalue weighted by atomic mass is 32.2. The molecule has 5 N–H and O–H groups in total. The molecular weight excluding hydrogens is 594 g/mol. The van der Waals surface area contributed by atoms with Crippen LogP contribution in [0.1, 0.15) is 18.4 Å². The zero-order chi connectivity index (χ0) is 30.0. The molecule has 0 spiro atoms. The van der Waals surface area contributed by atoms with Crippen molar-refractivity contribution in [3.05, 3.63) is 35.3 Å². The number of aliphatic hydroxyl groups excluding tert-OH is 3. The van der Waals surface area contributed by atoms with E-state index in [2.05, 4.69) is 4.40 Å². The Bertz CT molecular complexity index is 1220. The minimum Gasteiger partial charge on any atom is -0.502 e. The van der Waals surface area contributed by atoms with Gasteiger partial charge in [-0.2, -0.15) is 8.42 Å². The smallest absolute Gasteiger partial charge is 0.379 e. The third-order valence-electron chi connectivity index (χ3n) is 5.25. The van der Waals surface area contributed by atoms with Gasteiger partial charge in [-0.15, -0.1) is 4.40 Å². The SMILES string of the molecule is COc1cc(/C=C/C(=O)OC[C@H]2O[C@@H](S/C(CCC=CS(C)=O)=N\S(=O)(=O)O)[C@H](O)[C@@H](O)[C@@H]2O)cc(OC)c1O. The zero-order valence-corrected chi connectivity index (χ0v) is 24.1. The van der Waals surface area contributed by atoms with Crippen molar-refractivity contribution in [3.63, 3.8) is 0 Å².